The van der Waals surface area contributed by atoms with Crippen LogP contribution in [0, 0.1) is 19.9 Å². The largest absolute Gasteiger partial charge is 0.366 e. The molecular formula is C28H21Cl2N2O. The first kappa shape index (κ1) is 21.6. The number of nitrogens with zero attached hydrogens (tertiary/aromatic N) is 1. The van der Waals surface area contributed by atoms with E-state index in [-0.39, 0.29) is 0 Å². The van der Waals surface area contributed by atoms with Gasteiger partial charge in [-0.05, 0) is 73.0 Å². The Kier molecular flexibility index (Phi) is 5.40. The highest BCUT2D eigenvalue weighted by atomic mass is 35.5. The van der Waals surface area contributed by atoms with E-state index in [0.29, 0.717) is 22.2 Å². The summed E-state index contributed by atoms with van der Waals surface area (Å²) in [4.78, 5) is 12.3. The van der Waals surface area contributed by atoms with E-state index in [0.717, 1.165) is 32.9 Å². The Morgan fingerprint density at radius 3 is 2.42 bits per heavy atom. The number of aromatic nitrogens is 1. The molecule has 33 heavy (non-hydrogen) atoms. The summed E-state index contributed by atoms with van der Waals surface area (Å²) in [6.07, 6.45) is 0. The molecule has 0 aliphatic heterocycles. The molecule has 0 spiro atoms. The van der Waals surface area contributed by atoms with E-state index in [2.05, 4.69) is 48.7 Å². The predicted octanol–water partition coefficient (Wildman–Crippen LogP) is 7.33. The average Bonchev–Trinajstić information content (AvgIpc) is 3.09. The zero-order valence-electron chi connectivity index (χ0n) is 18.2. The van der Waals surface area contributed by atoms with Crippen molar-refractivity contribution in [1.29, 1.82) is 0 Å². The maximum absolute atomic E-state index is 12.3. The van der Waals surface area contributed by atoms with E-state index in [1.807, 2.05) is 36.4 Å². The van der Waals surface area contributed by atoms with Gasteiger partial charge >= 0.3 is 0 Å². The predicted molar refractivity (Wildman–Crippen MR) is 137 cm³/mol. The number of aryl methyl sites for hydroxylation is 2. The van der Waals surface area contributed by atoms with Crippen molar-refractivity contribution in [2.45, 2.75) is 20.4 Å². The highest BCUT2D eigenvalue weighted by molar-refractivity contribution is 6.39. The highest BCUT2D eigenvalue weighted by Gasteiger charge is 2.19. The molecule has 1 amide bonds. The van der Waals surface area contributed by atoms with Crippen LogP contribution < -0.4 is 5.73 Å². The Morgan fingerprint density at radius 2 is 1.70 bits per heavy atom. The Hall–Kier alpha value is -3.27. The summed E-state index contributed by atoms with van der Waals surface area (Å²) in [5.41, 5.74) is 13.3. The molecule has 5 rings (SSSR count). The molecule has 0 saturated carbocycles. The van der Waals surface area contributed by atoms with Crippen molar-refractivity contribution in [3.63, 3.8) is 0 Å². The topological polar surface area (TPSA) is 48.0 Å². The number of benzene rings is 4. The smallest absolute Gasteiger partial charge is 0.249 e. The van der Waals surface area contributed by atoms with Crippen molar-refractivity contribution in [2.24, 2.45) is 5.73 Å². The molecule has 0 aliphatic rings. The van der Waals surface area contributed by atoms with E-state index < -0.39 is 5.91 Å². The Labute approximate surface area is 202 Å². The lowest BCUT2D eigenvalue weighted by atomic mass is 10.0. The first-order valence-electron chi connectivity index (χ1n) is 10.6. The summed E-state index contributed by atoms with van der Waals surface area (Å²) >= 11 is 13.0. The van der Waals surface area contributed by atoms with Crippen LogP contribution in [0.2, 0.25) is 10.0 Å². The third-order valence-electron chi connectivity index (χ3n) is 6.14. The molecule has 0 aliphatic carbocycles. The Bertz CT molecular complexity index is 1550. The number of carbonyl (C=O) groups excluding carboxylic acids is 1. The van der Waals surface area contributed by atoms with Crippen LogP contribution in [-0.2, 0) is 6.54 Å². The zero-order valence-corrected chi connectivity index (χ0v) is 19.8. The van der Waals surface area contributed by atoms with Crippen molar-refractivity contribution < 1.29 is 4.79 Å². The first-order chi connectivity index (χ1) is 15.8. The van der Waals surface area contributed by atoms with E-state index in [1.165, 1.54) is 16.7 Å². The van der Waals surface area contributed by atoms with Crippen molar-refractivity contribution in [1.82, 2.24) is 4.57 Å². The van der Waals surface area contributed by atoms with E-state index in [9.17, 15) is 4.79 Å². The summed E-state index contributed by atoms with van der Waals surface area (Å²) in [5.74, 6) is -0.460. The molecule has 1 aromatic heterocycles. The van der Waals surface area contributed by atoms with Crippen LogP contribution in [0.25, 0.3) is 32.9 Å². The molecule has 163 valence electrons. The van der Waals surface area contributed by atoms with Crippen LogP contribution in [0.15, 0.2) is 66.7 Å². The number of halogens is 2. The van der Waals surface area contributed by atoms with Gasteiger partial charge in [-0.2, -0.15) is 0 Å². The van der Waals surface area contributed by atoms with Crippen LogP contribution in [0.1, 0.15) is 27.0 Å². The molecule has 2 N–H and O–H groups in total. The minimum atomic E-state index is -0.460. The fourth-order valence-corrected chi connectivity index (χ4v) is 5.11. The first-order valence-corrected chi connectivity index (χ1v) is 11.4. The summed E-state index contributed by atoms with van der Waals surface area (Å²) in [6, 6.07) is 24.9. The monoisotopic (exact) mass is 471 g/mol. The second kappa shape index (κ2) is 8.26. The summed E-state index contributed by atoms with van der Waals surface area (Å²) < 4.78 is 2.21. The molecule has 1 heterocycles. The molecule has 0 bridgehead atoms. The van der Waals surface area contributed by atoms with Gasteiger partial charge < -0.3 is 10.3 Å². The molecule has 5 aromatic rings. The lowest BCUT2D eigenvalue weighted by Gasteiger charge is -2.13. The van der Waals surface area contributed by atoms with Crippen LogP contribution in [-0.4, -0.2) is 10.5 Å². The number of hydrogen-bond donors (Lipinski definition) is 1. The standard InChI is InChI=1S/C28H21Cl2N2O/c1-16-9-10-17(2)19(13-16)15-32-24-8-3-5-21(28(31)33)27(24)20-12-11-18(14-25(20)32)26-22(29)6-4-7-23(26)30/h3-11,13-14H,15H2,1-2H3,(H2,31,33). The maximum Gasteiger partial charge on any atom is 0.249 e. The fraction of sp³-hybridized carbons (Fsp3) is 0.107. The summed E-state index contributed by atoms with van der Waals surface area (Å²) in [5, 5.41) is 2.80. The van der Waals surface area contributed by atoms with Gasteiger partial charge in [-0.15, -0.1) is 0 Å². The molecule has 0 atom stereocenters. The number of primary amides is 1. The average molecular weight is 472 g/mol. The van der Waals surface area contributed by atoms with Crippen LogP contribution >= 0.6 is 23.2 Å². The van der Waals surface area contributed by atoms with Crippen molar-refractivity contribution in [3.05, 3.63) is 105 Å². The molecule has 4 aromatic carbocycles. The number of amides is 1. The Morgan fingerprint density at radius 1 is 0.970 bits per heavy atom. The third-order valence-corrected chi connectivity index (χ3v) is 6.77. The number of nitrogens with two attached hydrogens (primary N) is 1. The second-order valence-corrected chi connectivity index (χ2v) is 9.14. The van der Waals surface area contributed by atoms with E-state index >= 15 is 0 Å². The molecule has 0 fully saturated rings. The maximum atomic E-state index is 12.3. The number of hydrogen-bond acceptors (Lipinski definition) is 1. The lowest BCUT2D eigenvalue weighted by molar-refractivity contribution is 0.100. The molecular weight excluding hydrogens is 451 g/mol. The molecule has 0 unspecified atom stereocenters. The molecule has 1 radical (unpaired) electrons. The lowest BCUT2D eigenvalue weighted by Crippen LogP contribution is -2.11. The summed E-state index contributed by atoms with van der Waals surface area (Å²) in [6.45, 7) is 4.84. The van der Waals surface area contributed by atoms with Gasteiger partial charge in [0, 0.05) is 38.5 Å². The minimum absolute atomic E-state index is 0.460. The fourth-order valence-electron chi connectivity index (χ4n) is 4.49. The van der Waals surface area contributed by atoms with Crippen molar-refractivity contribution in [3.8, 4) is 11.1 Å². The zero-order chi connectivity index (χ0) is 23.3. The Balaban J connectivity index is 1.85. The number of carbonyl (C=O) groups is 1. The van der Waals surface area contributed by atoms with E-state index in [4.69, 9.17) is 28.9 Å². The molecule has 3 nitrogen and oxygen atoms in total. The molecule has 0 saturated heterocycles. The van der Waals surface area contributed by atoms with Crippen molar-refractivity contribution >= 4 is 50.9 Å². The SMILES string of the molecule is Cc1ccc(C)c(Cn2c3cc(-c4c(Cl)cccc4Cl)c[c]c3c3c(C(N)=O)cccc32)c1. The van der Waals surface area contributed by atoms with Gasteiger partial charge in [-0.1, -0.05) is 59.1 Å². The molecule has 5 heteroatoms. The number of fused-ring (bicyclic) bond motifs is 3. The van der Waals surface area contributed by atoms with Crippen LogP contribution in [0.4, 0.5) is 0 Å². The van der Waals surface area contributed by atoms with E-state index in [1.54, 1.807) is 6.07 Å². The normalized spacial score (nSPS) is 11.4. The van der Waals surface area contributed by atoms with Gasteiger partial charge in [0.05, 0.1) is 11.0 Å². The van der Waals surface area contributed by atoms with Gasteiger partial charge in [-0.25, -0.2) is 0 Å². The van der Waals surface area contributed by atoms with Crippen LogP contribution in [0.3, 0.4) is 0 Å². The quantitative estimate of drug-likeness (QED) is 0.292. The van der Waals surface area contributed by atoms with Crippen LogP contribution in [0.5, 0.6) is 0 Å². The highest BCUT2D eigenvalue weighted by Crippen LogP contribution is 2.39. The van der Waals surface area contributed by atoms with Gasteiger partial charge in [0.2, 0.25) is 5.91 Å². The van der Waals surface area contributed by atoms with Gasteiger partial charge in [0.15, 0.2) is 0 Å². The second-order valence-electron chi connectivity index (χ2n) is 8.33. The van der Waals surface area contributed by atoms with Gasteiger partial charge in [0.1, 0.15) is 0 Å². The van der Waals surface area contributed by atoms with Gasteiger partial charge in [-0.3, -0.25) is 4.79 Å². The van der Waals surface area contributed by atoms with Gasteiger partial charge in [0.25, 0.3) is 0 Å². The number of rotatable bonds is 4. The third kappa shape index (κ3) is 3.68. The minimum Gasteiger partial charge on any atom is -0.366 e. The van der Waals surface area contributed by atoms with Crippen molar-refractivity contribution in [2.75, 3.05) is 0 Å². The summed E-state index contributed by atoms with van der Waals surface area (Å²) in [7, 11) is 0.